The van der Waals surface area contributed by atoms with Gasteiger partial charge in [-0.2, -0.15) is 11.8 Å². The molecule has 5 nitrogen and oxygen atoms in total. The minimum absolute atomic E-state index is 0.0288. The maximum atomic E-state index is 10.6. The SMILES string of the molecule is CSCCC(C)N(C)c1cnc(C(=O)O)cn1. The second-order valence-electron chi connectivity index (χ2n) is 3.81. The van der Waals surface area contributed by atoms with E-state index in [1.54, 1.807) is 0 Å². The van der Waals surface area contributed by atoms with Gasteiger partial charge in [-0.15, -0.1) is 0 Å². The third-order valence-electron chi connectivity index (χ3n) is 2.62. The minimum Gasteiger partial charge on any atom is -0.476 e. The zero-order valence-electron chi connectivity index (χ0n) is 10.3. The Hall–Kier alpha value is -1.30. The summed E-state index contributed by atoms with van der Waals surface area (Å²) in [6, 6.07) is 0.354. The summed E-state index contributed by atoms with van der Waals surface area (Å²) in [7, 11) is 1.94. The molecule has 0 aliphatic rings. The zero-order valence-corrected chi connectivity index (χ0v) is 11.1. The van der Waals surface area contributed by atoms with Gasteiger partial charge in [-0.1, -0.05) is 0 Å². The van der Waals surface area contributed by atoms with E-state index in [0.717, 1.165) is 12.2 Å². The Bertz CT molecular complexity index is 369. The normalized spacial score (nSPS) is 12.2. The van der Waals surface area contributed by atoms with Crippen molar-refractivity contribution in [3.05, 3.63) is 18.1 Å². The van der Waals surface area contributed by atoms with E-state index in [2.05, 4.69) is 23.1 Å². The van der Waals surface area contributed by atoms with Gasteiger partial charge in [-0.25, -0.2) is 14.8 Å². The van der Waals surface area contributed by atoms with Crippen molar-refractivity contribution < 1.29 is 9.90 Å². The second kappa shape index (κ2) is 6.44. The number of nitrogens with zero attached hydrogens (tertiary/aromatic N) is 3. The van der Waals surface area contributed by atoms with Crippen LogP contribution >= 0.6 is 11.8 Å². The maximum Gasteiger partial charge on any atom is 0.356 e. The third kappa shape index (κ3) is 3.89. The van der Waals surface area contributed by atoms with Gasteiger partial charge in [0.25, 0.3) is 0 Å². The number of thioether (sulfide) groups is 1. The molecule has 0 fully saturated rings. The molecule has 94 valence electrons. The van der Waals surface area contributed by atoms with Crippen molar-refractivity contribution in [1.29, 1.82) is 0 Å². The van der Waals surface area contributed by atoms with Crippen molar-refractivity contribution in [3.8, 4) is 0 Å². The van der Waals surface area contributed by atoms with Crippen molar-refractivity contribution in [2.75, 3.05) is 24.0 Å². The zero-order chi connectivity index (χ0) is 12.8. The van der Waals surface area contributed by atoms with Gasteiger partial charge >= 0.3 is 5.97 Å². The highest BCUT2D eigenvalue weighted by Crippen LogP contribution is 2.13. The molecular weight excluding hydrogens is 238 g/mol. The van der Waals surface area contributed by atoms with Crippen molar-refractivity contribution in [2.45, 2.75) is 19.4 Å². The first-order valence-corrected chi connectivity index (χ1v) is 6.72. The van der Waals surface area contributed by atoms with Crippen LogP contribution in [-0.4, -0.2) is 46.1 Å². The van der Waals surface area contributed by atoms with Gasteiger partial charge in [0, 0.05) is 13.1 Å². The van der Waals surface area contributed by atoms with Gasteiger partial charge in [-0.05, 0) is 25.4 Å². The molecule has 6 heteroatoms. The highest BCUT2D eigenvalue weighted by atomic mass is 32.2. The molecule has 17 heavy (non-hydrogen) atoms. The fourth-order valence-corrected chi connectivity index (χ4v) is 1.90. The molecule has 0 amide bonds. The topological polar surface area (TPSA) is 66.3 Å². The number of carboxylic acids is 1. The van der Waals surface area contributed by atoms with E-state index >= 15 is 0 Å². The molecule has 1 aromatic rings. The molecule has 0 aliphatic heterocycles. The monoisotopic (exact) mass is 255 g/mol. The van der Waals surface area contributed by atoms with Gasteiger partial charge in [0.1, 0.15) is 5.82 Å². The van der Waals surface area contributed by atoms with E-state index in [1.165, 1.54) is 12.4 Å². The van der Waals surface area contributed by atoms with Crippen molar-refractivity contribution in [3.63, 3.8) is 0 Å². The van der Waals surface area contributed by atoms with E-state index in [9.17, 15) is 4.79 Å². The number of hydrogen-bond donors (Lipinski definition) is 1. The number of aromatic nitrogens is 2. The average Bonchev–Trinajstić information content (AvgIpc) is 2.35. The first kappa shape index (κ1) is 13.8. The molecule has 1 atom stereocenters. The van der Waals surface area contributed by atoms with Gasteiger partial charge in [0.2, 0.25) is 0 Å². The quantitative estimate of drug-likeness (QED) is 0.835. The van der Waals surface area contributed by atoms with Gasteiger partial charge in [0.05, 0.1) is 12.4 Å². The van der Waals surface area contributed by atoms with Crippen molar-refractivity contribution in [2.24, 2.45) is 0 Å². The molecule has 0 bridgehead atoms. The molecule has 1 heterocycles. The number of aromatic carboxylic acids is 1. The third-order valence-corrected chi connectivity index (χ3v) is 3.26. The largest absolute Gasteiger partial charge is 0.476 e. The van der Waals surface area contributed by atoms with E-state index in [1.807, 2.05) is 23.7 Å². The highest BCUT2D eigenvalue weighted by Gasteiger charge is 2.12. The maximum absolute atomic E-state index is 10.6. The molecule has 0 aromatic carbocycles. The molecule has 0 aliphatic carbocycles. The molecular formula is C11H17N3O2S. The molecule has 1 aromatic heterocycles. The summed E-state index contributed by atoms with van der Waals surface area (Å²) >= 11 is 1.81. The second-order valence-corrected chi connectivity index (χ2v) is 4.79. The van der Waals surface area contributed by atoms with E-state index in [4.69, 9.17) is 5.11 Å². The highest BCUT2D eigenvalue weighted by molar-refractivity contribution is 7.98. The Morgan fingerprint density at radius 1 is 1.53 bits per heavy atom. The molecule has 1 rings (SSSR count). The van der Waals surface area contributed by atoms with Crippen LogP contribution in [-0.2, 0) is 0 Å². The number of rotatable bonds is 6. The smallest absolute Gasteiger partial charge is 0.356 e. The number of carbonyl (C=O) groups is 1. The van der Waals surface area contributed by atoms with Crippen molar-refractivity contribution >= 4 is 23.5 Å². The van der Waals surface area contributed by atoms with Crippen LogP contribution in [0.3, 0.4) is 0 Å². The van der Waals surface area contributed by atoms with Crippen molar-refractivity contribution in [1.82, 2.24) is 9.97 Å². The van der Waals surface area contributed by atoms with Crippen LogP contribution in [0.15, 0.2) is 12.4 Å². The van der Waals surface area contributed by atoms with Crippen LogP contribution in [0, 0.1) is 0 Å². The lowest BCUT2D eigenvalue weighted by Gasteiger charge is -2.25. The summed E-state index contributed by atoms with van der Waals surface area (Å²) in [5, 5.41) is 8.72. The van der Waals surface area contributed by atoms with Crippen LogP contribution in [0.25, 0.3) is 0 Å². The summed E-state index contributed by atoms with van der Waals surface area (Å²) < 4.78 is 0. The lowest BCUT2D eigenvalue weighted by molar-refractivity contribution is 0.0690. The predicted octanol–water partition coefficient (Wildman–Crippen LogP) is 1.75. The van der Waals surface area contributed by atoms with Crippen LogP contribution < -0.4 is 4.90 Å². The lowest BCUT2D eigenvalue weighted by Crippen LogP contribution is -2.30. The summed E-state index contributed by atoms with van der Waals surface area (Å²) in [6.45, 7) is 2.11. The predicted molar refractivity (Wildman–Crippen MR) is 69.9 cm³/mol. The van der Waals surface area contributed by atoms with E-state index in [-0.39, 0.29) is 5.69 Å². The van der Waals surface area contributed by atoms with E-state index < -0.39 is 5.97 Å². The fourth-order valence-electron chi connectivity index (χ4n) is 1.32. The number of anilines is 1. The Balaban J connectivity index is 2.68. The molecule has 0 radical (unpaired) electrons. The summed E-state index contributed by atoms with van der Waals surface area (Å²) in [5.41, 5.74) is -0.0288. The molecule has 1 N–H and O–H groups in total. The summed E-state index contributed by atoms with van der Waals surface area (Å²) in [5.74, 6) is 0.734. The first-order chi connectivity index (χ1) is 8.06. The molecule has 0 saturated heterocycles. The summed E-state index contributed by atoms with van der Waals surface area (Å²) in [4.78, 5) is 20.6. The number of carboxylic acid groups (broad SMARTS) is 1. The standard InChI is InChI=1S/C11H17N3O2S/c1-8(4-5-17-3)14(2)10-7-12-9(6-13-10)11(15)16/h6-8H,4-5H2,1-3H3,(H,15,16). The lowest BCUT2D eigenvalue weighted by atomic mass is 10.2. The van der Waals surface area contributed by atoms with Gasteiger partial charge < -0.3 is 10.0 Å². The number of hydrogen-bond acceptors (Lipinski definition) is 5. The van der Waals surface area contributed by atoms with Crippen LogP contribution in [0.2, 0.25) is 0 Å². The molecule has 1 unspecified atom stereocenters. The van der Waals surface area contributed by atoms with E-state index in [0.29, 0.717) is 11.9 Å². The summed E-state index contributed by atoms with van der Waals surface area (Å²) in [6.07, 6.45) is 5.92. The Kier molecular flexibility index (Phi) is 5.21. The van der Waals surface area contributed by atoms with Gasteiger partial charge in [0.15, 0.2) is 5.69 Å². The molecule has 0 spiro atoms. The van der Waals surface area contributed by atoms with Crippen LogP contribution in [0.5, 0.6) is 0 Å². The minimum atomic E-state index is -1.05. The van der Waals surface area contributed by atoms with Crippen LogP contribution in [0.4, 0.5) is 5.82 Å². The Labute approximate surface area is 105 Å². The fraction of sp³-hybridized carbons (Fsp3) is 0.545. The van der Waals surface area contributed by atoms with Gasteiger partial charge in [-0.3, -0.25) is 0 Å². The van der Waals surface area contributed by atoms with Crippen LogP contribution in [0.1, 0.15) is 23.8 Å². The molecule has 0 saturated carbocycles. The Morgan fingerprint density at radius 3 is 2.71 bits per heavy atom. The Morgan fingerprint density at radius 2 is 2.24 bits per heavy atom. The first-order valence-electron chi connectivity index (χ1n) is 5.33. The average molecular weight is 255 g/mol.